The van der Waals surface area contributed by atoms with Gasteiger partial charge in [0, 0.05) is 30.2 Å². The number of hydrogen-bond donors (Lipinski definition) is 0. The van der Waals surface area contributed by atoms with Crippen LogP contribution in [-0.2, 0) is 9.47 Å². The molecule has 11 heavy (non-hydrogen) atoms. The molecule has 0 N–H and O–H groups in total. The van der Waals surface area contributed by atoms with E-state index in [1.54, 1.807) is 14.2 Å². The smallest absolute Gasteiger partial charge is 0.153 e. The Labute approximate surface area is 70.1 Å². The summed E-state index contributed by atoms with van der Waals surface area (Å²) in [5, 5.41) is 8.26. The molecule has 0 atom stereocenters. The fourth-order valence-corrected chi connectivity index (χ4v) is 2.35. The molecule has 0 aromatic heterocycles. The Kier molecular flexibility index (Phi) is 7.47. The predicted molar refractivity (Wildman–Crippen MR) is 46.2 cm³/mol. The van der Waals surface area contributed by atoms with Crippen molar-refractivity contribution in [1.29, 1.82) is 5.26 Å². The lowest BCUT2D eigenvalue weighted by atomic mass is 10.6. The monoisotopic (exact) mass is 173 g/mol. The van der Waals surface area contributed by atoms with Crippen molar-refractivity contribution in [3.63, 3.8) is 0 Å². The molecule has 0 aromatic carbocycles. The van der Waals surface area contributed by atoms with Gasteiger partial charge in [0.1, 0.15) is 0 Å². The van der Waals surface area contributed by atoms with Crippen molar-refractivity contribution in [2.75, 3.05) is 14.2 Å². The second-order valence-corrected chi connectivity index (χ2v) is 4.30. The maximum absolute atomic E-state index is 8.26. The van der Waals surface area contributed by atoms with Crippen molar-refractivity contribution in [1.82, 2.24) is 0 Å². The van der Waals surface area contributed by atoms with Gasteiger partial charge in [0.25, 0.3) is 0 Å². The molecule has 0 spiro atoms. The first-order valence-corrected chi connectivity index (χ1v) is 5.77. The van der Waals surface area contributed by atoms with Crippen molar-refractivity contribution in [3.8, 4) is 6.07 Å². The maximum Gasteiger partial charge on any atom is 0.153 e. The van der Waals surface area contributed by atoms with E-state index < -0.39 is 0 Å². The fourth-order valence-electron chi connectivity index (χ4n) is 0.847. The summed E-state index contributed by atoms with van der Waals surface area (Å²) in [6, 6.07) is 4.21. The molecule has 0 aliphatic heterocycles. The SMILES string of the molecule is COC(C[SiH2]CCC#N)OC. The lowest BCUT2D eigenvalue weighted by molar-refractivity contribution is -0.0876. The quantitative estimate of drug-likeness (QED) is 0.334. The zero-order valence-corrected chi connectivity index (χ0v) is 8.58. The minimum absolute atomic E-state index is 0.0413. The minimum atomic E-state index is -0.142. The van der Waals surface area contributed by atoms with Crippen molar-refractivity contribution in [2.45, 2.75) is 24.8 Å². The summed E-state index contributed by atoms with van der Waals surface area (Å²) < 4.78 is 10.0. The molecule has 0 saturated heterocycles. The van der Waals surface area contributed by atoms with Gasteiger partial charge < -0.3 is 9.47 Å². The minimum Gasteiger partial charge on any atom is -0.356 e. The molecular formula is C7H15NO2Si. The molecule has 4 heteroatoms. The first-order valence-electron chi connectivity index (χ1n) is 3.77. The van der Waals surface area contributed by atoms with Crippen molar-refractivity contribution < 1.29 is 9.47 Å². The average molecular weight is 173 g/mol. The predicted octanol–water partition coefficient (Wildman–Crippen LogP) is 0.524. The van der Waals surface area contributed by atoms with Gasteiger partial charge in [-0.3, -0.25) is 0 Å². The van der Waals surface area contributed by atoms with Crippen LogP contribution in [-0.4, -0.2) is 30.0 Å². The Bertz CT molecular complexity index is 120. The highest BCUT2D eigenvalue weighted by atomic mass is 28.2. The Morgan fingerprint density at radius 3 is 2.55 bits per heavy atom. The molecular weight excluding hydrogens is 158 g/mol. The van der Waals surface area contributed by atoms with Gasteiger partial charge >= 0.3 is 0 Å². The van der Waals surface area contributed by atoms with E-state index in [-0.39, 0.29) is 15.8 Å². The summed E-state index contributed by atoms with van der Waals surface area (Å²) in [6.45, 7) is 0. The van der Waals surface area contributed by atoms with E-state index in [4.69, 9.17) is 14.7 Å². The van der Waals surface area contributed by atoms with Crippen LogP contribution in [0, 0.1) is 11.3 Å². The first-order chi connectivity index (χ1) is 5.35. The Hall–Kier alpha value is -0.373. The summed E-state index contributed by atoms with van der Waals surface area (Å²) in [7, 11) is 3.15. The van der Waals surface area contributed by atoms with Crippen molar-refractivity contribution in [3.05, 3.63) is 0 Å². The largest absolute Gasteiger partial charge is 0.356 e. The maximum atomic E-state index is 8.26. The van der Waals surface area contributed by atoms with Gasteiger partial charge in [-0.25, -0.2) is 0 Å². The van der Waals surface area contributed by atoms with Crippen LogP contribution in [0.2, 0.25) is 12.1 Å². The molecule has 0 radical (unpaired) electrons. The first kappa shape index (κ1) is 10.6. The van der Waals surface area contributed by atoms with Crippen LogP contribution in [0.5, 0.6) is 0 Å². The third-order valence-corrected chi connectivity index (χ3v) is 3.24. The Balaban J connectivity index is 3.16. The van der Waals surface area contributed by atoms with Crippen LogP contribution in [0.4, 0.5) is 0 Å². The van der Waals surface area contributed by atoms with Gasteiger partial charge in [0.2, 0.25) is 0 Å². The highest BCUT2D eigenvalue weighted by Crippen LogP contribution is 2.00. The number of ether oxygens (including phenoxy) is 2. The third-order valence-electron chi connectivity index (χ3n) is 1.50. The molecule has 0 aliphatic carbocycles. The van der Waals surface area contributed by atoms with Crippen LogP contribution in [0.25, 0.3) is 0 Å². The van der Waals surface area contributed by atoms with Crippen molar-refractivity contribution in [2.24, 2.45) is 0 Å². The summed E-state index contributed by atoms with van der Waals surface area (Å²) in [5.41, 5.74) is 0. The van der Waals surface area contributed by atoms with Crippen molar-refractivity contribution >= 4 is 9.52 Å². The second-order valence-electron chi connectivity index (χ2n) is 2.30. The summed E-state index contributed by atoms with van der Waals surface area (Å²) in [6.07, 6.45) is 0.646. The van der Waals surface area contributed by atoms with E-state index in [2.05, 4.69) is 6.07 Å². The van der Waals surface area contributed by atoms with E-state index >= 15 is 0 Å². The van der Waals surface area contributed by atoms with E-state index in [0.29, 0.717) is 6.42 Å². The van der Waals surface area contributed by atoms with E-state index in [1.807, 2.05) is 0 Å². The van der Waals surface area contributed by atoms with E-state index in [9.17, 15) is 0 Å². The fraction of sp³-hybridized carbons (Fsp3) is 0.857. The Morgan fingerprint density at radius 1 is 1.45 bits per heavy atom. The third kappa shape index (κ3) is 6.04. The highest BCUT2D eigenvalue weighted by molar-refractivity contribution is 6.35. The molecule has 0 heterocycles. The van der Waals surface area contributed by atoms with Gasteiger partial charge in [0.05, 0.1) is 6.07 Å². The lowest BCUT2D eigenvalue weighted by Crippen LogP contribution is -2.14. The lowest BCUT2D eigenvalue weighted by Gasteiger charge is -2.11. The second kappa shape index (κ2) is 7.73. The zero-order valence-electron chi connectivity index (χ0n) is 7.17. The van der Waals surface area contributed by atoms with Gasteiger partial charge in [-0.15, -0.1) is 0 Å². The number of hydrogen-bond acceptors (Lipinski definition) is 3. The van der Waals surface area contributed by atoms with Crippen LogP contribution in [0.15, 0.2) is 0 Å². The molecule has 0 aromatic rings. The average Bonchev–Trinajstić information content (AvgIpc) is 2.05. The Morgan fingerprint density at radius 2 is 2.09 bits per heavy atom. The normalized spacial score (nSPS) is 11.1. The molecule has 0 unspecified atom stereocenters. The van der Waals surface area contributed by atoms with Crippen LogP contribution in [0.1, 0.15) is 6.42 Å². The summed E-state index contributed by atoms with van der Waals surface area (Å²) in [5.74, 6) is 0. The van der Waals surface area contributed by atoms with E-state index in [0.717, 1.165) is 12.1 Å². The molecule has 0 saturated carbocycles. The number of nitriles is 1. The van der Waals surface area contributed by atoms with Gasteiger partial charge in [-0.1, -0.05) is 0 Å². The number of nitrogens with zero attached hydrogens (tertiary/aromatic N) is 1. The summed E-state index contributed by atoms with van der Waals surface area (Å²) in [4.78, 5) is 0. The van der Waals surface area contributed by atoms with Crippen LogP contribution < -0.4 is 0 Å². The molecule has 3 nitrogen and oxygen atoms in total. The molecule has 0 amide bonds. The summed E-state index contributed by atoms with van der Waals surface area (Å²) >= 11 is 0. The number of rotatable bonds is 6. The topological polar surface area (TPSA) is 42.2 Å². The van der Waals surface area contributed by atoms with Crippen LogP contribution >= 0.6 is 0 Å². The molecule has 0 rings (SSSR count). The number of methoxy groups -OCH3 is 2. The zero-order chi connectivity index (χ0) is 8.53. The van der Waals surface area contributed by atoms with Gasteiger partial charge in [0.15, 0.2) is 6.29 Å². The van der Waals surface area contributed by atoms with Gasteiger partial charge in [-0.2, -0.15) is 5.26 Å². The van der Waals surface area contributed by atoms with E-state index in [1.165, 1.54) is 0 Å². The molecule has 0 bridgehead atoms. The molecule has 0 aliphatic rings. The van der Waals surface area contributed by atoms with Gasteiger partial charge in [-0.05, 0) is 12.1 Å². The highest BCUT2D eigenvalue weighted by Gasteiger charge is 2.03. The van der Waals surface area contributed by atoms with Crippen LogP contribution in [0.3, 0.4) is 0 Å². The standard InChI is InChI=1S/C7H15NO2Si/c1-9-7(10-2)6-11-5-3-4-8/h7H,3,5-6,11H2,1-2H3. The molecule has 0 fully saturated rings. The molecule has 64 valence electrons.